The van der Waals surface area contributed by atoms with Crippen LogP contribution in [-0.2, 0) is 28.8 Å². The number of carboxylic acids is 2. The summed E-state index contributed by atoms with van der Waals surface area (Å²) in [5.74, 6) is -6.01. The molecule has 14 nitrogen and oxygen atoms in total. The van der Waals surface area contributed by atoms with Gasteiger partial charge in [0.05, 0.1) is 19.1 Å². The van der Waals surface area contributed by atoms with Gasteiger partial charge in [-0.2, -0.15) is 11.8 Å². The molecule has 0 saturated heterocycles. The SMILES string of the molecule is CSCCC(NC(=O)C(CO)NC(=O)C(CC(N)=O)NC(=O)C(N)CCC(=O)O)C(=O)O. The summed E-state index contributed by atoms with van der Waals surface area (Å²) in [5, 5.41) is 33.7. The van der Waals surface area contributed by atoms with Crippen molar-refractivity contribution in [3.05, 3.63) is 0 Å². The molecule has 0 saturated carbocycles. The molecule has 0 aliphatic carbocycles. The van der Waals surface area contributed by atoms with Gasteiger partial charge in [-0.05, 0) is 24.9 Å². The summed E-state index contributed by atoms with van der Waals surface area (Å²) < 4.78 is 0. The fourth-order valence-corrected chi connectivity index (χ4v) is 2.80. The van der Waals surface area contributed by atoms with Gasteiger partial charge in [-0.3, -0.25) is 24.0 Å². The standard InChI is InChI=1S/C17H29N5O9S/c1-32-5-4-9(17(30)31)20-16(29)11(7-23)22-15(28)10(6-12(19)24)21-14(27)8(18)2-3-13(25)26/h8-11,23H,2-7,18H2,1H3,(H2,19,24)(H,20,29)(H,21,27)(H,22,28)(H,25,26)(H,30,31). The molecule has 10 N–H and O–H groups in total. The van der Waals surface area contributed by atoms with Crippen LogP contribution < -0.4 is 27.4 Å². The van der Waals surface area contributed by atoms with Crippen LogP contribution >= 0.6 is 11.8 Å². The van der Waals surface area contributed by atoms with Crippen LogP contribution in [0.1, 0.15) is 25.7 Å². The number of nitrogens with one attached hydrogen (secondary N) is 3. The van der Waals surface area contributed by atoms with E-state index in [1.807, 2.05) is 0 Å². The predicted molar refractivity (Wildman–Crippen MR) is 112 cm³/mol. The summed E-state index contributed by atoms with van der Waals surface area (Å²) in [6, 6.07) is -5.69. The summed E-state index contributed by atoms with van der Waals surface area (Å²) in [5.41, 5.74) is 10.6. The van der Waals surface area contributed by atoms with E-state index in [-0.39, 0.29) is 12.8 Å². The molecule has 0 aliphatic heterocycles. The first-order valence-corrected chi connectivity index (χ1v) is 10.8. The number of aliphatic hydroxyl groups excluding tert-OH is 1. The van der Waals surface area contributed by atoms with Gasteiger partial charge in [0.25, 0.3) is 0 Å². The third kappa shape index (κ3) is 11.5. The van der Waals surface area contributed by atoms with Crippen molar-refractivity contribution in [1.82, 2.24) is 16.0 Å². The van der Waals surface area contributed by atoms with Gasteiger partial charge in [-0.1, -0.05) is 0 Å². The lowest BCUT2D eigenvalue weighted by Gasteiger charge is -2.23. The minimum absolute atomic E-state index is 0.100. The van der Waals surface area contributed by atoms with Gasteiger partial charge < -0.3 is 42.7 Å². The summed E-state index contributed by atoms with van der Waals surface area (Å²) >= 11 is 1.36. The first-order valence-electron chi connectivity index (χ1n) is 9.42. The fraction of sp³-hybridized carbons (Fsp3) is 0.647. The minimum atomic E-state index is -1.58. The second kappa shape index (κ2) is 15.0. The average molecular weight is 480 g/mol. The van der Waals surface area contributed by atoms with Crippen molar-refractivity contribution >= 4 is 47.3 Å². The first kappa shape index (κ1) is 29.1. The van der Waals surface area contributed by atoms with Crippen molar-refractivity contribution in [2.45, 2.75) is 49.9 Å². The van der Waals surface area contributed by atoms with Crippen molar-refractivity contribution in [2.24, 2.45) is 11.5 Å². The maximum absolute atomic E-state index is 12.5. The van der Waals surface area contributed by atoms with Crippen molar-refractivity contribution in [3.63, 3.8) is 0 Å². The lowest BCUT2D eigenvalue weighted by Crippen LogP contribution is -2.58. The van der Waals surface area contributed by atoms with Gasteiger partial charge in [-0.25, -0.2) is 4.79 Å². The smallest absolute Gasteiger partial charge is 0.326 e. The van der Waals surface area contributed by atoms with Crippen LogP contribution in [0, 0.1) is 0 Å². The van der Waals surface area contributed by atoms with Crippen molar-refractivity contribution in [1.29, 1.82) is 0 Å². The second-order valence-electron chi connectivity index (χ2n) is 6.70. The topological polar surface area (TPSA) is 251 Å². The molecule has 0 fully saturated rings. The van der Waals surface area contributed by atoms with Crippen LogP contribution in [0.2, 0.25) is 0 Å². The highest BCUT2D eigenvalue weighted by atomic mass is 32.2. The molecule has 4 atom stereocenters. The largest absolute Gasteiger partial charge is 0.481 e. The number of thioether (sulfide) groups is 1. The maximum Gasteiger partial charge on any atom is 0.326 e. The van der Waals surface area contributed by atoms with E-state index in [4.69, 9.17) is 16.6 Å². The Bertz CT molecular complexity index is 706. The lowest BCUT2D eigenvalue weighted by molar-refractivity contribution is -0.142. The molecule has 4 amide bonds. The van der Waals surface area contributed by atoms with Crippen LogP contribution in [0.15, 0.2) is 0 Å². The molecule has 0 heterocycles. The number of amides is 4. The number of nitrogens with two attached hydrogens (primary N) is 2. The molecular weight excluding hydrogens is 450 g/mol. The zero-order valence-electron chi connectivity index (χ0n) is 17.4. The molecule has 4 unspecified atom stereocenters. The highest BCUT2D eigenvalue weighted by Gasteiger charge is 2.30. The van der Waals surface area contributed by atoms with Crippen LogP contribution in [0.25, 0.3) is 0 Å². The highest BCUT2D eigenvalue weighted by Crippen LogP contribution is 2.03. The Morgan fingerprint density at radius 3 is 1.88 bits per heavy atom. The van der Waals surface area contributed by atoms with E-state index in [2.05, 4.69) is 16.0 Å². The lowest BCUT2D eigenvalue weighted by atomic mass is 10.1. The van der Waals surface area contributed by atoms with E-state index in [0.29, 0.717) is 5.75 Å². The zero-order valence-corrected chi connectivity index (χ0v) is 18.2. The Kier molecular flexibility index (Phi) is 13.6. The molecule has 15 heteroatoms. The Labute approximate surface area is 187 Å². The van der Waals surface area contributed by atoms with Crippen molar-refractivity contribution in [2.75, 3.05) is 18.6 Å². The Balaban J connectivity index is 5.20. The van der Waals surface area contributed by atoms with E-state index >= 15 is 0 Å². The molecule has 0 rings (SSSR count). The molecule has 0 spiro atoms. The van der Waals surface area contributed by atoms with Gasteiger partial charge in [0.15, 0.2) is 0 Å². The number of rotatable bonds is 16. The molecule has 0 aromatic rings. The Morgan fingerprint density at radius 1 is 0.875 bits per heavy atom. The predicted octanol–water partition coefficient (Wildman–Crippen LogP) is -3.66. The normalized spacial score (nSPS) is 14.3. The molecule has 32 heavy (non-hydrogen) atoms. The van der Waals surface area contributed by atoms with E-state index in [1.54, 1.807) is 6.26 Å². The highest BCUT2D eigenvalue weighted by molar-refractivity contribution is 7.98. The van der Waals surface area contributed by atoms with Gasteiger partial charge >= 0.3 is 11.9 Å². The maximum atomic E-state index is 12.5. The molecule has 182 valence electrons. The quantitative estimate of drug-likeness (QED) is 0.107. The molecule has 0 aromatic heterocycles. The summed E-state index contributed by atoms with van der Waals surface area (Å²) in [6.07, 6.45) is 0.533. The van der Waals surface area contributed by atoms with E-state index in [1.165, 1.54) is 11.8 Å². The van der Waals surface area contributed by atoms with Crippen molar-refractivity contribution in [3.8, 4) is 0 Å². The van der Waals surface area contributed by atoms with E-state index in [9.17, 15) is 39.0 Å². The number of hydrogen-bond acceptors (Lipinski definition) is 9. The average Bonchev–Trinajstić information content (AvgIpc) is 2.71. The molecule has 0 aromatic carbocycles. The van der Waals surface area contributed by atoms with Gasteiger partial charge in [0.1, 0.15) is 18.1 Å². The molecule has 0 radical (unpaired) electrons. The number of primary amides is 1. The number of aliphatic carboxylic acids is 2. The number of carbonyl (C=O) groups excluding carboxylic acids is 4. The molecule has 0 bridgehead atoms. The second-order valence-corrected chi connectivity index (χ2v) is 7.68. The van der Waals surface area contributed by atoms with Gasteiger partial charge in [0, 0.05) is 6.42 Å². The van der Waals surface area contributed by atoms with E-state index in [0.717, 1.165) is 0 Å². The van der Waals surface area contributed by atoms with Crippen molar-refractivity contribution < 1.29 is 44.1 Å². The third-order valence-electron chi connectivity index (χ3n) is 4.09. The van der Waals surface area contributed by atoms with Gasteiger partial charge in [0.2, 0.25) is 23.6 Å². The van der Waals surface area contributed by atoms with Crippen LogP contribution in [0.3, 0.4) is 0 Å². The number of hydrogen-bond donors (Lipinski definition) is 8. The minimum Gasteiger partial charge on any atom is -0.481 e. The summed E-state index contributed by atoms with van der Waals surface area (Å²) in [4.78, 5) is 70.0. The number of aliphatic hydroxyl groups is 1. The van der Waals surface area contributed by atoms with E-state index < -0.39 is 79.2 Å². The van der Waals surface area contributed by atoms with Crippen LogP contribution in [0.5, 0.6) is 0 Å². The zero-order chi connectivity index (χ0) is 24.8. The molecular formula is C17H29N5O9S. The number of carboxylic acid groups (broad SMARTS) is 2. The molecule has 0 aliphatic rings. The van der Waals surface area contributed by atoms with Crippen LogP contribution in [-0.4, -0.2) is 93.7 Å². The first-order chi connectivity index (χ1) is 14.9. The number of carbonyl (C=O) groups is 6. The fourth-order valence-electron chi connectivity index (χ4n) is 2.33. The summed E-state index contributed by atoms with van der Waals surface area (Å²) in [6.45, 7) is -0.901. The third-order valence-corrected chi connectivity index (χ3v) is 4.73. The van der Waals surface area contributed by atoms with Gasteiger partial charge in [-0.15, -0.1) is 0 Å². The summed E-state index contributed by atoms with van der Waals surface area (Å²) in [7, 11) is 0. The Hall–Kier alpha value is -2.91. The monoisotopic (exact) mass is 479 g/mol. The van der Waals surface area contributed by atoms with Crippen LogP contribution in [0.4, 0.5) is 0 Å². The Morgan fingerprint density at radius 2 is 1.41 bits per heavy atom.